The van der Waals surface area contributed by atoms with Crippen LogP contribution in [-0.4, -0.2) is 17.0 Å². The first kappa shape index (κ1) is 14.0. The Kier molecular flexibility index (Phi) is 4.62. The summed E-state index contributed by atoms with van der Waals surface area (Å²) in [6.45, 7) is 0.972. The fourth-order valence-electron chi connectivity index (χ4n) is 1.71. The summed E-state index contributed by atoms with van der Waals surface area (Å²) in [7, 11) is 1.86. The number of hydrogen-bond acceptors (Lipinski definition) is 5. The number of rotatable bonds is 6. The number of hydrogen-bond donors (Lipinski definition) is 1. The van der Waals surface area contributed by atoms with E-state index in [0.29, 0.717) is 12.3 Å². The Bertz CT molecular complexity index is 584. The van der Waals surface area contributed by atoms with Gasteiger partial charge < -0.3 is 10.1 Å². The second-order valence-corrected chi connectivity index (χ2v) is 4.23. The first-order valence-electron chi connectivity index (χ1n) is 6.14. The van der Waals surface area contributed by atoms with Crippen molar-refractivity contribution in [2.45, 2.75) is 13.2 Å². The van der Waals surface area contributed by atoms with Crippen LogP contribution < -0.4 is 10.1 Å². The fraction of sp³-hybridized carbons (Fsp3) is 0.214. The minimum atomic E-state index is -0.419. The predicted molar refractivity (Wildman–Crippen MR) is 74.4 cm³/mol. The van der Waals surface area contributed by atoms with Crippen molar-refractivity contribution < 1.29 is 9.66 Å². The zero-order valence-electron chi connectivity index (χ0n) is 11.1. The third-order valence-electron chi connectivity index (χ3n) is 2.68. The topological polar surface area (TPSA) is 77.3 Å². The summed E-state index contributed by atoms with van der Waals surface area (Å²) in [6, 6.07) is 10.1. The van der Waals surface area contributed by atoms with Crippen LogP contribution in [-0.2, 0) is 13.2 Å². The number of aromatic nitrogens is 1. The maximum atomic E-state index is 10.7. The van der Waals surface area contributed by atoms with Crippen molar-refractivity contribution in [1.29, 1.82) is 0 Å². The Morgan fingerprint density at radius 1 is 1.35 bits per heavy atom. The van der Waals surface area contributed by atoms with Crippen LogP contribution in [0.2, 0.25) is 0 Å². The van der Waals surface area contributed by atoms with Gasteiger partial charge in [-0.25, -0.2) is 0 Å². The highest BCUT2D eigenvalue weighted by Crippen LogP contribution is 2.16. The summed E-state index contributed by atoms with van der Waals surface area (Å²) in [5, 5.41) is 13.7. The molecule has 0 amide bonds. The number of nitrogens with one attached hydrogen (secondary N) is 1. The molecule has 2 rings (SSSR count). The predicted octanol–water partition coefficient (Wildman–Crippen LogP) is 2.29. The summed E-state index contributed by atoms with van der Waals surface area (Å²) in [5.41, 5.74) is 1.74. The van der Waals surface area contributed by atoms with E-state index in [2.05, 4.69) is 10.3 Å². The van der Waals surface area contributed by atoms with E-state index in [1.54, 1.807) is 18.3 Å². The van der Waals surface area contributed by atoms with Crippen LogP contribution in [0.3, 0.4) is 0 Å². The van der Waals surface area contributed by atoms with E-state index in [4.69, 9.17) is 4.74 Å². The van der Waals surface area contributed by atoms with E-state index in [9.17, 15) is 10.1 Å². The zero-order chi connectivity index (χ0) is 14.4. The van der Waals surface area contributed by atoms with Crippen LogP contribution in [0.1, 0.15) is 11.3 Å². The summed E-state index contributed by atoms with van der Waals surface area (Å²) < 4.78 is 5.55. The monoisotopic (exact) mass is 273 g/mol. The number of pyridine rings is 1. The largest absolute Gasteiger partial charge is 0.487 e. The Labute approximate surface area is 116 Å². The van der Waals surface area contributed by atoms with Crippen LogP contribution >= 0.6 is 0 Å². The summed E-state index contributed by atoms with van der Waals surface area (Å²) in [4.78, 5) is 14.5. The van der Waals surface area contributed by atoms with E-state index in [1.165, 1.54) is 12.1 Å². The van der Waals surface area contributed by atoms with Crippen LogP contribution in [0.25, 0.3) is 0 Å². The lowest BCUT2D eigenvalue weighted by atomic mass is 10.2. The van der Waals surface area contributed by atoms with Crippen LogP contribution in [0.15, 0.2) is 42.6 Å². The summed E-state index contributed by atoms with van der Waals surface area (Å²) in [5.74, 6) is 0.636. The third-order valence-corrected chi connectivity index (χ3v) is 2.68. The molecular formula is C14H15N3O3. The molecule has 0 aliphatic carbocycles. The van der Waals surface area contributed by atoms with E-state index in [-0.39, 0.29) is 12.3 Å². The molecule has 0 spiro atoms. The molecule has 1 aromatic carbocycles. The molecule has 6 heteroatoms. The molecule has 0 aliphatic heterocycles. The van der Waals surface area contributed by atoms with Gasteiger partial charge in [-0.2, -0.15) is 0 Å². The number of benzene rings is 1. The van der Waals surface area contributed by atoms with Crippen molar-refractivity contribution in [3.8, 4) is 5.75 Å². The SMILES string of the molecule is CNCc1ccc(OCc2cccc([N+](=O)[O-])c2)cn1. The molecule has 1 N–H and O–H groups in total. The van der Waals surface area contributed by atoms with Gasteiger partial charge in [0.25, 0.3) is 5.69 Å². The molecule has 20 heavy (non-hydrogen) atoms. The fourth-order valence-corrected chi connectivity index (χ4v) is 1.71. The Morgan fingerprint density at radius 3 is 2.85 bits per heavy atom. The van der Waals surface area contributed by atoms with Gasteiger partial charge in [0, 0.05) is 18.7 Å². The number of nitro groups is 1. The number of ether oxygens (including phenoxy) is 1. The Morgan fingerprint density at radius 2 is 2.20 bits per heavy atom. The molecule has 0 unspecified atom stereocenters. The zero-order valence-corrected chi connectivity index (χ0v) is 11.1. The second kappa shape index (κ2) is 6.63. The van der Waals surface area contributed by atoms with Gasteiger partial charge in [-0.05, 0) is 24.7 Å². The van der Waals surface area contributed by atoms with E-state index >= 15 is 0 Å². The van der Waals surface area contributed by atoms with Gasteiger partial charge in [-0.15, -0.1) is 0 Å². The minimum absolute atomic E-state index is 0.0635. The second-order valence-electron chi connectivity index (χ2n) is 4.23. The van der Waals surface area contributed by atoms with Gasteiger partial charge in [0.15, 0.2) is 0 Å². The van der Waals surface area contributed by atoms with Gasteiger partial charge in [0.1, 0.15) is 12.4 Å². The average molecular weight is 273 g/mol. The van der Waals surface area contributed by atoms with Crippen molar-refractivity contribution in [1.82, 2.24) is 10.3 Å². The maximum absolute atomic E-state index is 10.7. The summed E-state index contributed by atoms with van der Waals surface area (Å²) in [6.07, 6.45) is 1.64. The summed E-state index contributed by atoms with van der Waals surface area (Å²) >= 11 is 0. The highest BCUT2D eigenvalue weighted by molar-refractivity contribution is 5.34. The number of non-ortho nitro benzene ring substituents is 1. The van der Waals surface area contributed by atoms with Gasteiger partial charge in [0.05, 0.1) is 16.8 Å². The molecule has 0 fully saturated rings. The van der Waals surface area contributed by atoms with Crippen molar-refractivity contribution in [3.63, 3.8) is 0 Å². The molecule has 0 atom stereocenters. The number of nitro benzene ring substituents is 1. The lowest BCUT2D eigenvalue weighted by Gasteiger charge is -2.06. The van der Waals surface area contributed by atoms with Crippen molar-refractivity contribution in [3.05, 3.63) is 64.0 Å². The van der Waals surface area contributed by atoms with E-state index < -0.39 is 4.92 Å². The van der Waals surface area contributed by atoms with Gasteiger partial charge in [0.2, 0.25) is 0 Å². The van der Waals surface area contributed by atoms with Crippen molar-refractivity contribution in [2.24, 2.45) is 0 Å². The van der Waals surface area contributed by atoms with Gasteiger partial charge >= 0.3 is 0 Å². The average Bonchev–Trinajstić information content (AvgIpc) is 2.47. The smallest absolute Gasteiger partial charge is 0.269 e. The van der Waals surface area contributed by atoms with Gasteiger partial charge in [-0.3, -0.25) is 15.1 Å². The number of nitrogens with zero attached hydrogens (tertiary/aromatic N) is 2. The molecule has 0 bridgehead atoms. The molecule has 1 heterocycles. The van der Waals surface area contributed by atoms with Crippen molar-refractivity contribution >= 4 is 5.69 Å². The maximum Gasteiger partial charge on any atom is 0.269 e. The normalized spacial score (nSPS) is 10.2. The lowest BCUT2D eigenvalue weighted by Crippen LogP contribution is -2.06. The molecule has 0 radical (unpaired) electrons. The first-order valence-corrected chi connectivity index (χ1v) is 6.14. The molecule has 0 saturated heterocycles. The Balaban J connectivity index is 1.97. The lowest BCUT2D eigenvalue weighted by molar-refractivity contribution is -0.384. The Hall–Kier alpha value is -2.47. The molecule has 0 aliphatic rings. The molecule has 1 aromatic heterocycles. The quantitative estimate of drug-likeness (QED) is 0.645. The molecule has 2 aromatic rings. The van der Waals surface area contributed by atoms with Gasteiger partial charge in [-0.1, -0.05) is 12.1 Å². The highest BCUT2D eigenvalue weighted by Gasteiger charge is 2.06. The minimum Gasteiger partial charge on any atom is -0.487 e. The van der Waals surface area contributed by atoms with Crippen molar-refractivity contribution in [2.75, 3.05) is 7.05 Å². The highest BCUT2D eigenvalue weighted by atomic mass is 16.6. The molecule has 0 saturated carbocycles. The standard InChI is InChI=1S/C14H15N3O3/c1-15-8-12-5-6-14(9-16-12)20-10-11-3-2-4-13(7-11)17(18)19/h2-7,9,15H,8,10H2,1H3. The van der Waals surface area contributed by atoms with Crippen LogP contribution in [0, 0.1) is 10.1 Å². The first-order chi connectivity index (χ1) is 9.69. The molecule has 6 nitrogen and oxygen atoms in total. The van der Waals surface area contributed by atoms with Crippen LogP contribution in [0.4, 0.5) is 5.69 Å². The van der Waals surface area contributed by atoms with E-state index in [0.717, 1.165) is 11.3 Å². The molecule has 104 valence electrons. The van der Waals surface area contributed by atoms with Crippen LogP contribution in [0.5, 0.6) is 5.75 Å². The molecular weight excluding hydrogens is 258 g/mol. The van der Waals surface area contributed by atoms with E-state index in [1.807, 2.05) is 19.2 Å². The third kappa shape index (κ3) is 3.76.